The molecule has 0 saturated heterocycles. The first-order valence-electron chi connectivity index (χ1n) is 5.32. The first-order valence-corrected chi connectivity index (χ1v) is 5.32. The van der Waals surface area contributed by atoms with Crippen molar-refractivity contribution in [3.63, 3.8) is 0 Å². The van der Waals surface area contributed by atoms with Gasteiger partial charge in [0.2, 0.25) is 0 Å². The predicted molar refractivity (Wildman–Crippen MR) is 64.3 cm³/mol. The van der Waals surface area contributed by atoms with Crippen LogP contribution in [0.1, 0.15) is 36.4 Å². The topological polar surface area (TPSA) is 70.0 Å². The number of hydrogen-bond donors (Lipinski definition) is 2. The second-order valence-electron chi connectivity index (χ2n) is 4.19. The first-order chi connectivity index (χ1) is 7.65. The Hall–Kier alpha value is -1.31. The van der Waals surface area contributed by atoms with Crippen molar-refractivity contribution in [3.05, 3.63) is 29.1 Å². The zero-order chi connectivity index (χ0) is 11.7. The molecule has 1 fully saturated rings. The van der Waals surface area contributed by atoms with Crippen LogP contribution in [-0.2, 0) is 0 Å². The Morgan fingerprint density at radius 3 is 2.59 bits per heavy atom. The number of phenolic OH excluding ortho intramolecular Hbond substituents is 1. The zero-order valence-corrected chi connectivity index (χ0v) is 10.0. The van der Waals surface area contributed by atoms with Crippen LogP contribution in [0.15, 0.2) is 12.1 Å². The highest BCUT2D eigenvalue weighted by Crippen LogP contribution is 2.40. The van der Waals surface area contributed by atoms with Gasteiger partial charge < -0.3 is 10.8 Å². The van der Waals surface area contributed by atoms with Gasteiger partial charge in [-0.05, 0) is 24.8 Å². The minimum absolute atomic E-state index is 0. The average Bonchev–Trinajstić information content (AvgIpc) is 2.15. The van der Waals surface area contributed by atoms with Crippen LogP contribution in [-0.4, -0.2) is 5.11 Å². The number of aromatic hydroxyl groups is 1. The fourth-order valence-electron chi connectivity index (χ4n) is 2.01. The summed E-state index contributed by atoms with van der Waals surface area (Å²) in [6, 6.07) is 4.00. The molecule has 1 aromatic rings. The molecule has 0 heterocycles. The van der Waals surface area contributed by atoms with Crippen molar-refractivity contribution in [3.8, 4) is 11.8 Å². The van der Waals surface area contributed by atoms with Crippen LogP contribution in [0.5, 0.6) is 5.75 Å². The van der Waals surface area contributed by atoms with E-state index in [-0.39, 0.29) is 29.8 Å². The van der Waals surface area contributed by atoms with Gasteiger partial charge in [-0.1, -0.05) is 12.5 Å². The number of hydrogen-bond acceptors (Lipinski definition) is 3. The number of rotatable bonds is 2. The van der Waals surface area contributed by atoms with E-state index < -0.39 is 5.82 Å². The smallest absolute Gasteiger partial charge is 0.144 e. The molecule has 3 nitrogen and oxygen atoms in total. The van der Waals surface area contributed by atoms with Gasteiger partial charge in [-0.25, -0.2) is 4.39 Å². The fourth-order valence-corrected chi connectivity index (χ4v) is 2.01. The molecule has 1 atom stereocenters. The van der Waals surface area contributed by atoms with Crippen molar-refractivity contribution in [2.45, 2.75) is 25.3 Å². The van der Waals surface area contributed by atoms with E-state index in [1.165, 1.54) is 12.1 Å². The molecule has 0 unspecified atom stereocenters. The Bertz CT molecular complexity index is 455. The normalized spacial score (nSPS) is 16.5. The van der Waals surface area contributed by atoms with Crippen molar-refractivity contribution in [1.82, 2.24) is 0 Å². The summed E-state index contributed by atoms with van der Waals surface area (Å²) in [4.78, 5) is 0. The van der Waals surface area contributed by atoms with E-state index in [2.05, 4.69) is 0 Å². The molecule has 92 valence electrons. The molecule has 0 aromatic heterocycles. The lowest BCUT2D eigenvalue weighted by Crippen LogP contribution is -2.27. The van der Waals surface area contributed by atoms with Crippen molar-refractivity contribution in [1.29, 1.82) is 5.26 Å². The Balaban J connectivity index is 0.00000144. The summed E-state index contributed by atoms with van der Waals surface area (Å²) in [5.74, 6) is -0.672. The van der Waals surface area contributed by atoms with Crippen LogP contribution >= 0.6 is 12.4 Å². The molecule has 5 heteroatoms. The summed E-state index contributed by atoms with van der Waals surface area (Å²) < 4.78 is 13.2. The highest BCUT2D eigenvalue weighted by atomic mass is 35.5. The molecule has 1 aliphatic carbocycles. The number of halogens is 2. The summed E-state index contributed by atoms with van der Waals surface area (Å²) in [7, 11) is 0. The molecule has 0 bridgehead atoms. The van der Waals surface area contributed by atoms with Crippen molar-refractivity contribution >= 4 is 12.4 Å². The number of nitrogens with two attached hydrogens (primary N) is 1. The molecule has 1 saturated carbocycles. The Morgan fingerprint density at radius 1 is 1.47 bits per heavy atom. The van der Waals surface area contributed by atoms with Crippen LogP contribution in [0, 0.1) is 23.1 Å². The molecular weight excluding hydrogens is 243 g/mol. The highest BCUT2D eigenvalue weighted by molar-refractivity contribution is 5.85. The van der Waals surface area contributed by atoms with Crippen molar-refractivity contribution in [2.75, 3.05) is 0 Å². The van der Waals surface area contributed by atoms with Crippen LogP contribution in [0.25, 0.3) is 0 Å². The minimum Gasteiger partial charge on any atom is -0.506 e. The Morgan fingerprint density at radius 2 is 2.12 bits per heavy atom. The molecular formula is C12H14ClFN2O. The maximum Gasteiger partial charge on any atom is 0.144 e. The van der Waals surface area contributed by atoms with Gasteiger partial charge in [0.1, 0.15) is 23.2 Å². The summed E-state index contributed by atoms with van der Waals surface area (Å²) in [6.07, 6.45) is 3.20. The molecule has 2 rings (SSSR count). The van der Waals surface area contributed by atoms with Gasteiger partial charge in [-0.15, -0.1) is 12.4 Å². The SMILES string of the molecule is Cl.N#Cc1c(F)ccc([C@@H](N)C2CCC2)c1O. The number of nitrogens with zero attached hydrogens (tertiary/aromatic N) is 1. The van der Waals surface area contributed by atoms with E-state index in [1.54, 1.807) is 6.07 Å². The number of phenols is 1. The highest BCUT2D eigenvalue weighted by Gasteiger charge is 2.28. The lowest BCUT2D eigenvalue weighted by molar-refractivity contribution is 0.260. The molecule has 0 amide bonds. The molecule has 0 spiro atoms. The van der Waals surface area contributed by atoms with E-state index in [4.69, 9.17) is 11.0 Å². The summed E-state index contributed by atoms with van der Waals surface area (Å²) >= 11 is 0. The first kappa shape index (κ1) is 13.8. The third-order valence-corrected chi connectivity index (χ3v) is 3.29. The van der Waals surface area contributed by atoms with E-state index in [0.717, 1.165) is 19.3 Å². The fraction of sp³-hybridized carbons (Fsp3) is 0.417. The van der Waals surface area contributed by atoms with Crippen LogP contribution in [0.2, 0.25) is 0 Å². The second kappa shape index (κ2) is 5.35. The molecule has 0 radical (unpaired) electrons. The van der Waals surface area contributed by atoms with Gasteiger partial charge in [0.15, 0.2) is 0 Å². The van der Waals surface area contributed by atoms with E-state index in [1.807, 2.05) is 0 Å². The monoisotopic (exact) mass is 256 g/mol. The standard InChI is InChI=1S/C12H13FN2O.ClH/c13-10-5-4-8(12(16)9(10)6-14)11(15)7-2-1-3-7;/h4-5,7,11,16H,1-3,15H2;1H/t11-;/m0./s1. The van der Waals surface area contributed by atoms with Gasteiger partial charge in [-0.3, -0.25) is 0 Å². The third kappa shape index (κ3) is 2.36. The summed E-state index contributed by atoms with van der Waals surface area (Å²) in [6.45, 7) is 0. The predicted octanol–water partition coefficient (Wildman–Crippen LogP) is 2.62. The van der Waals surface area contributed by atoms with Gasteiger partial charge >= 0.3 is 0 Å². The van der Waals surface area contributed by atoms with Crippen molar-refractivity contribution in [2.24, 2.45) is 11.7 Å². The van der Waals surface area contributed by atoms with Crippen LogP contribution in [0.4, 0.5) is 4.39 Å². The Labute approximate surface area is 105 Å². The number of nitriles is 1. The zero-order valence-electron chi connectivity index (χ0n) is 9.19. The largest absolute Gasteiger partial charge is 0.506 e. The van der Waals surface area contributed by atoms with Crippen molar-refractivity contribution < 1.29 is 9.50 Å². The van der Waals surface area contributed by atoms with E-state index in [9.17, 15) is 9.50 Å². The minimum atomic E-state index is -0.704. The summed E-state index contributed by atoms with van der Waals surface area (Å²) in [5.41, 5.74) is 6.14. The molecule has 1 aliphatic rings. The van der Waals surface area contributed by atoms with Crippen LogP contribution in [0.3, 0.4) is 0 Å². The molecule has 0 aliphatic heterocycles. The van der Waals surface area contributed by atoms with E-state index in [0.29, 0.717) is 11.5 Å². The van der Waals surface area contributed by atoms with Gasteiger partial charge in [0, 0.05) is 11.6 Å². The lowest BCUT2D eigenvalue weighted by Gasteiger charge is -2.31. The van der Waals surface area contributed by atoms with Gasteiger partial charge in [0.05, 0.1) is 0 Å². The quantitative estimate of drug-likeness (QED) is 0.855. The second-order valence-corrected chi connectivity index (χ2v) is 4.19. The molecule has 17 heavy (non-hydrogen) atoms. The van der Waals surface area contributed by atoms with E-state index >= 15 is 0 Å². The maximum absolute atomic E-state index is 13.2. The summed E-state index contributed by atoms with van der Waals surface area (Å²) in [5, 5.41) is 18.5. The third-order valence-electron chi connectivity index (χ3n) is 3.29. The van der Waals surface area contributed by atoms with Crippen LogP contribution < -0.4 is 5.73 Å². The van der Waals surface area contributed by atoms with Gasteiger partial charge in [-0.2, -0.15) is 5.26 Å². The molecule has 1 aromatic carbocycles. The maximum atomic E-state index is 13.2. The van der Waals surface area contributed by atoms with Gasteiger partial charge in [0.25, 0.3) is 0 Å². The Kier molecular flexibility index (Phi) is 4.33. The molecule has 3 N–H and O–H groups in total. The number of benzene rings is 1. The average molecular weight is 257 g/mol. The lowest BCUT2D eigenvalue weighted by atomic mass is 9.77.